The first kappa shape index (κ1) is 12.2. The highest BCUT2D eigenvalue weighted by molar-refractivity contribution is 6.19. The number of hydrogen-bond acceptors (Lipinski definition) is 2. The molecule has 0 saturated heterocycles. The zero-order chi connectivity index (χ0) is 13.1. The lowest BCUT2D eigenvalue weighted by atomic mass is 9.99. The van der Waals surface area contributed by atoms with Crippen LogP contribution in [0.5, 0.6) is 0 Å². The number of rotatable bonds is 3. The van der Waals surface area contributed by atoms with Crippen molar-refractivity contribution in [2.24, 2.45) is 0 Å². The fourth-order valence-corrected chi connectivity index (χ4v) is 1.96. The van der Waals surface area contributed by atoms with Crippen LogP contribution in [0.3, 0.4) is 0 Å². The van der Waals surface area contributed by atoms with Crippen LogP contribution in [0.15, 0.2) is 48.7 Å². The number of carbonyl (C=O) groups is 1. The molecule has 0 aliphatic rings. The molecule has 1 N–H and O–H groups in total. The number of nitrogens with zero attached hydrogens (tertiary/aromatic N) is 1. The lowest BCUT2D eigenvalue weighted by Crippen LogP contribution is -2.08. The van der Waals surface area contributed by atoms with E-state index in [4.69, 9.17) is 0 Å². The highest BCUT2D eigenvalue weighted by atomic mass is 16.4. The summed E-state index contributed by atoms with van der Waals surface area (Å²) in [5.41, 5.74) is 1.05. The van der Waals surface area contributed by atoms with E-state index in [0.717, 1.165) is 16.3 Å². The molecule has 0 aromatic heterocycles. The molecule has 0 unspecified atom stereocenters. The van der Waals surface area contributed by atoms with Crippen LogP contribution >= 0.6 is 0 Å². The molecule has 0 aliphatic heterocycles. The summed E-state index contributed by atoms with van der Waals surface area (Å²) in [6.07, 6.45) is 1.63. The van der Waals surface area contributed by atoms with Crippen molar-refractivity contribution in [3.63, 3.8) is 0 Å². The van der Waals surface area contributed by atoms with E-state index < -0.39 is 5.97 Å². The average molecular weight is 241 g/mol. The van der Waals surface area contributed by atoms with Gasteiger partial charge in [-0.1, -0.05) is 42.5 Å². The van der Waals surface area contributed by atoms with Crippen LogP contribution in [-0.4, -0.2) is 30.1 Å². The number of hydrogen-bond donors (Lipinski definition) is 1. The van der Waals surface area contributed by atoms with Gasteiger partial charge < -0.3 is 10.0 Å². The van der Waals surface area contributed by atoms with Gasteiger partial charge in [0.05, 0.1) is 5.57 Å². The maximum atomic E-state index is 11.4. The first-order valence-electron chi connectivity index (χ1n) is 5.69. The van der Waals surface area contributed by atoms with E-state index >= 15 is 0 Å². The van der Waals surface area contributed by atoms with Crippen LogP contribution in [-0.2, 0) is 4.79 Å². The predicted octanol–water partition coefficient (Wildman–Crippen LogP) is 2.83. The molecular formula is C15H15NO2. The monoisotopic (exact) mass is 241 g/mol. The highest BCUT2D eigenvalue weighted by Crippen LogP contribution is 2.25. The molecule has 0 aliphatic carbocycles. The molecule has 0 bridgehead atoms. The molecule has 2 rings (SSSR count). The van der Waals surface area contributed by atoms with Gasteiger partial charge in [0.1, 0.15) is 0 Å². The van der Waals surface area contributed by atoms with Crippen molar-refractivity contribution in [3.8, 4) is 0 Å². The number of benzene rings is 2. The van der Waals surface area contributed by atoms with Crippen molar-refractivity contribution in [3.05, 3.63) is 54.2 Å². The van der Waals surface area contributed by atoms with Gasteiger partial charge in [-0.25, -0.2) is 4.79 Å². The van der Waals surface area contributed by atoms with Gasteiger partial charge in [-0.15, -0.1) is 0 Å². The maximum Gasteiger partial charge on any atom is 0.337 e. The molecule has 0 heterocycles. The molecule has 0 fully saturated rings. The van der Waals surface area contributed by atoms with Crippen LogP contribution in [0.2, 0.25) is 0 Å². The van der Waals surface area contributed by atoms with Gasteiger partial charge in [0.25, 0.3) is 0 Å². The molecule has 18 heavy (non-hydrogen) atoms. The minimum atomic E-state index is -0.917. The molecule has 92 valence electrons. The number of fused-ring (bicyclic) bond motifs is 1. The van der Waals surface area contributed by atoms with Gasteiger partial charge in [0.15, 0.2) is 0 Å². The second-order valence-electron chi connectivity index (χ2n) is 4.34. The van der Waals surface area contributed by atoms with Crippen molar-refractivity contribution < 1.29 is 9.90 Å². The van der Waals surface area contributed by atoms with E-state index in [1.54, 1.807) is 11.1 Å². The lowest BCUT2D eigenvalue weighted by Gasteiger charge is -2.11. The number of aliphatic carboxylic acids is 1. The SMILES string of the molecule is CN(C)C=C(C(=O)O)c1cccc2ccccc12. The number of carboxylic acid groups (broad SMARTS) is 1. The maximum absolute atomic E-state index is 11.4. The van der Waals surface area contributed by atoms with Gasteiger partial charge in [0, 0.05) is 20.3 Å². The molecule has 3 heteroatoms. The summed E-state index contributed by atoms with van der Waals surface area (Å²) >= 11 is 0. The van der Waals surface area contributed by atoms with Crippen LogP contribution in [0, 0.1) is 0 Å². The highest BCUT2D eigenvalue weighted by Gasteiger charge is 2.13. The second-order valence-corrected chi connectivity index (χ2v) is 4.34. The van der Waals surface area contributed by atoms with Crippen LogP contribution in [0.1, 0.15) is 5.56 Å². The quantitative estimate of drug-likeness (QED) is 0.840. The summed E-state index contributed by atoms with van der Waals surface area (Å²) < 4.78 is 0. The molecule has 0 atom stereocenters. The topological polar surface area (TPSA) is 40.5 Å². The molecule has 2 aromatic rings. The Morgan fingerprint density at radius 1 is 1.11 bits per heavy atom. The minimum Gasteiger partial charge on any atom is -0.478 e. The summed E-state index contributed by atoms with van der Waals surface area (Å²) in [6.45, 7) is 0. The van der Waals surface area contributed by atoms with Crippen molar-refractivity contribution in [2.45, 2.75) is 0 Å². The number of carboxylic acids is 1. The Labute approximate surface area is 106 Å². The largest absolute Gasteiger partial charge is 0.478 e. The molecule has 0 saturated carbocycles. The molecule has 0 spiro atoms. The third-order valence-corrected chi connectivity index (χ3v) is 2.70. The van der Waals surface area contributed by atoms with E-state index in [2.05, 4.69) is 0 Å². The van der Waals surface area contributed by atoms with Gasteiger partial charge >= 0.3 is 5.97 Å². The summed E-state index contributed by atoms with van der Waals surface area (Å²) in [6, 6.07) is 13.5. The first-order valence-corrected chi connectivity index (χ1v) is 5.69. The van der Waals surface area contributed by atoms with Crippen LogP contribution in [0.25, 0.3) is 16.3 Å². The Kier molecular flexibility index (Phi) is 3.33. The zero-order valence-electron chi connectivity index (χ0n) is 10.4. The third-order valence-electron chi connectivity index (χ3n) is 2.70. The first-order chi connectivity index (χ1) is 8.59. The van der Waals surface area contributed by atoms with Crippen molar-refractivity contribution >= 4 is 22.3 Å². The van der Waals surface area contributed by atoms with Gasteiger partial charge in [-0.2, -0.15) is 0 Å². The Morgan fingerprint density at radius 2 is 1.78 bits per heavy atom. The van der Waals surface area contributed by atoms with Crippen molar-refractivity contribution in [1.29, 1.82) is 0 Å². The average Bonchev–Trinajstić information content (AvgIpc) is 2.35. The molecule has 0 amide bonds. The zero-order valence-corrected chi connectivity index (χ0v) is 10.4. The van der Waals surface area contributed by atoms with Gasteiger partial charge in [-0.05, 0) is 16.3 Å². The van der Waals surface area contributed by atoms with E-state index in [1.165, 1.54) is 0 Å². The van der Waals surface area contributed by atoms with E-state index in [-0.39, 0.29) is 0 Å². The van der Waals surface area contributed by atoms with Gasteiger partial charge in [-0.3, -0.25) is 0 Å². The predicted molar refractivity (Wildman–Crippen MR) is 73.2 cm³/mol. The van der Waals surface area contributed by atoms with Crippen molar-refractivity contribution in [2.75, 3.05) is 14.1 Å². The summed E-state index contributed by atoms with van der Waals surface area (Å²) in [5.74, 6) is -0.917. The Hall–Kier alpha value is -2.29. The third kappa shape index (κ3) is 2.35. The van der Waals surface area contributed by atoms with Gasteiger partial charge in [0.2, 0.25) is 0 Å². The van der Waals surface area contributed by atoms with E-state index in [9.17, 15) is 9.90 Å². The summed E-state index contributed by atoms with van der Waals surface area (Å²) in [5, 5.41) is 11.3. The Balaban J connectivity index is 2.69. The second kappa shape index (κ2) is 4.92. The normalized spacial score (nSPS) is 11.6. The lowest BCUT2D eigenvalue weighted by molar-refractivity contribution is -0.130. The minimum absolute atomic E-state index is 0.303. The fraction of sp³-hybridized carbons (Fsp3) is 0.133. The van der Waals surface area contributed by atoms with Crippen LogP contribution < -0.4 is 0 Å². The molecule has 0 radical (unpaired) electrons. The standard InChI is InChI=1S/C15H15NO2/c1-16(2)10-14(15(17)18)13-9-5-7-11-6-3-4-8-12(11)13/h3-10H,1-2H3,(H,17,18). The molecular weight excluding hydrogens is 226 g/mol. The van der Waals surface area contributed by atoms with E-state index in [0.29, 0.717) is 5.57 Å². The summed E-state index contributed by atoms with van der Waals surface area (Å²) in [7, 11) is 3.63. The Morgan fingerprint density at radius 3 is 2.44 bits per heavy atom. The van der Waals surface area contributed by atoms with E-state index in [1.807, 2.05) is 56.6 Å². The molecule has 3 nitrogen and oxygen atoms in total. The fourth-order valence-electron chi connectivity index (χ4n) is 1.96. The smallest absolute Gasteiger partial charge is 0.337 e. The van der Waals surface area contributed by atoms with Crippen LogP contribution in [0.4, 0.5) is 0 Å². The summed E-state index contributed by atoms with van der Waals surface area (Å²) in [4.78, 5) is 13.1. The Bertz CT molecular complexity index is 609. The molecule has 2 aromatic carbocycles. The van der Waals surface area contributed by atoms with Crippen molar-refractivity contribution in [1.82, 2.24) is 4.90 Å².